The summed E-state index contributed by atoms with van der Waals surface area (Å²) in [6.07, 6.45) is 4.56. The first-order valence-corrected chi connectivity index (χ1v) is 11.1. The lowest BCUT2D eigenvalue weighted by molar-refractivity contribution is -0.0348. The van der Waals surface area contributed by atoms with Crippen molar-refractivity contribution in [1.82, 2.24) is 14.9 Å². The molecule has 4 rings (SSSR count). The molecule has 0 atom stereocenters. The summed E-state index contributed by atoms with van der Waals surface area (Å²) < 4.78 is 7.13. The first-order valence-electron chi connectivity index (χ1n) is 9.90. The van der Waals surface area contributed by atoms with E-state index in [9.17, 15) is 5.11 Å². The molecule has 0 radical (unpaired) electrons. The van der Waals surface area contributed by atoms with Gasteiger partial charge in [-0.15, -0.1) is 0 Å². The second-order valence-electron chi connectivity index (χ2n) is 7.55. The van der Waals surface area contributed by atoms with E-state index in [4.69, 9.17) is 16.3 Å². The highest BCUT2D eigenvalue weighted by Crippen LogP contribution is 2.32. The van der Waals surface area contributed by atoms with E-state index in [-0.39, 0.29) is 0 Å². The van der Waals surface area contributed by atoms with Crippen LogP contribution in [0.3, 0.4) is 0 Å². The zero-order valence-electron chi connectivity index (χ0n) is 16.5. The van der Waals surface area contributed by atoms with E-state index in [1.165, 1.54) is 0 Å². The maximum Gasteiger partial charge on any atom is 0.160 e. The molecule has 156 valence electrons. The molecule has 1 aromatic heterocycles. The van der Waals surface area contributed by atoms with Crippen molar-refractivity contribution in [3.8, 4) is 5.75 Å². The number of aliphatic hydroxyl groups is 1. The van der Waals surface area contributed by atoms with Gasteiger partial charge in [0, 0.05) is 47.1 Å². The van der Waals surface area contributed by atoms with Gasteiger partial charge in [-0.2, -0.15) is 0 Å². The van der Waals surface area contributed by atoms with Crippen LogP contribution in [0, 0.1) is 0 Å². The predicted octanol–water partition coefficient (Wildman–Crippen LogP) is 4.96. The number of aromatic nitrogens is 2. The topological polar surface area (TPSA) is 58.5 Å². The molecule has 5 nitrogen and oxygen atoms in total. The van der Waals surface area contributed by atoms with Gasteiger partial charge in [0.1, 0.15) is 18.0 Å². The van der Waals surface area contributed by atoms with Gasteiger partial charge in [0.05, 0.1) is 0 Å². The standard InChI is InChI=1S/C23H23BrClN3O2/c24-19-4-7-21(30-16-17-2-5-20(25)6-3-17)18(14-19)15-28-12-8-23(29,9-13-28)22-26-10-1-11-27-22/h1-7,10-11,14,29H,8-9,12-13,15-16H2. The molecule has 7 heteroatoms. The summed E-state index contributed by atoms with van der Waals surface area (Å²) in [4.78, 5) is 10.8. The Labute approximate surface area is 189 Å². The zero-order valence-corrected chi connectivity index (χ0v) is 18.8. The van der Waals surface area contributed by atoms with E-state index in [1.54, 1.807) is 18.5 Å². The number of benzene rings is 2. The Balaban J connectivity index is 1.41. The smallest absolute Gasteiger partial charge is 0.160 e. The molecule has 2 aromatic carbocycles. The second-order valence-corrected chi connectivity index (χ2v) is 8.90. The van der Waals surface area contributed by atoms with Crippen LogP contribution in [-0.4, -0.2) is 33.1 Å². The zero-order chi connectivity index (χ0) is 21.0. The van der Waals surface area contributed by atoms with Crippen molar-refractivity contribution < 1.29 is 9.84 Å². The van der Waals surface area contributed by atoms with Gasteiger partial charge in [-0.25, -0.2) is 9.97 Å². The van der Waals surface area contributed by atoms with Crippen LogP contribution in [0.2, 0.25) is 5.02 Å². The first kappa shape index (κ1) is 21.2. The van der Waals surface area contributed by atoms with Crippen molar-refractivity contribution in [3.63, 3.8) is 0 Å². The molecule has 0 spiro atoms. The monoisotopic (exact) mass is 487 g/mol. The molecule has 3 aromatic rings. The van der Waals surface area contributed by atoms with Crippen LogP contribution >= 0.6 is 27.5 Å². The molecule has 0 amide bonds. The van der Waals surface area contributed by atoms with Gasteiger partial charge in [0.25, 0.3) is 0 Å². The maximum absolute atomic E-state index is 11.0. The van der Waals surface area contributed by atoms with E-state index in [2.05, 4.69) is 36.9 Å². The van der Waals surface area contributed by atoms with Crippen LogP contribution in [0.1, 0.15) is 29.8 Å². The Hall–Kier alpha value is -1.99. The fourth-order valence-electron chi connectivity index (χ4n) is 3.64. The Morgan fingerprint density at radius 2 is 1.77 bits per heavy atom. The number of rotatable bonds is 6. The Morgan fingerprint density at radius 1 is 1.07 bits per heavy atom. The van der Waals surface area contributed by atoms with Crippen LogP contribution in [0.25, 0.3) is 0 Å². The molecule has 0 unspecified atom stereocenters. The molecule has 1 aliphatic heterocycles. The normalized spacial score (nSPS) is 16.4. The summed E-state index contributed by atoms with van der Waals surface area (Å²) in [5.74, 6) is 1.37. The van der Waals surface area contributed by atoms with E-state index in [1.807, 2.05) is 36.4 Å². The molecule has 0 bridgehead atoms. The molecular formula is C23H23BrClN3O2. The minimum atomic E-state index is -0.955. The van der Waals surface area contributed by atoms with Gasteiger partial charge in [0.15, 0.2) is 5.82 Å². The third-order valence-corrected chi connectivity index (χ3v) is 6.13. The fourth-order valence-corrected chi connectivity index (χ4v) is 4.17. The summed E-state index contributed by atoms with van der Waals surface area (Å²) in [6.45, 7) is 2.76. The van der Waals surface area contributed by atoms with Crippen LogP contribution in [0.15, 0.2) is 65.4 Å². The van der Waals surface area contributed by atoms with Crippen LogP contribution in [0.4, 0.5) is 0 Å². The summed E-state index contributed by atoms with van der Waals surface area (Å²) in [5.41, 5.74) is 1.22. The van der Waals surface area contributed by atoms with E-state index in [0.29, 0.717) is 30.3 Å². The number of ether oxygens (including phenoxy) is 1. The number of hydrogen-bond acceptors (Lipinski definition) is 5. The van der Waals surface area contributed by atoms with Gasteiger partial charge in [0.2, 0.25) is 0 Å². The third-order valence-electron chi connectivity index (χ3n) is 5.39. The number of piperidine rings is 1. The summed E-state index contributed by atoms with van der Waals surface area (Å²) in [6, 6.07) is 15.5. The van der Waals surface area contributed by atoms with E-state index >= 15 is 0 Å². The van der Waals surface area contributed by atoms with Gasteiger partial charge >= 0.3 is 0 Å². The molecule has 1 fully saturated rings. The fraction of sp³-hybridized carbons (Fsp3) is 0.304. The summed E-state index contributed by atoms with van der Waals surface area (Å²) >= 11 is 9.53. The highest BCUT2D eigenvalue weighted by molar-refractivity contribution is 9.10. The van der Waals surface area contributed by atoms with E-state index < -0.39 is 5.60 Å². The molecular weight excluding hydrogens is 466 g/mol. The number of likely N-dealkylation sites (tertiary alicyclic amines) is 1. The first-order chi connectivity index (χ1) is 14.5. The van der Waals surface area contributed by atoms with Gasteiger partial charge < -0.3 is 9.84 Å². The van der Waals surface area contributed by atoms with Gasteiger partial charge in [-0.3, -0.25) is 4.90 Å². The van der Waals surface area contributed by atoms with E-state index in [0.717, 1.165) is 41.0 Å². The van der Waals surface area contributed by atoms with Crippen molar-refractivity contribution in [3.05, 3.63) is 87.4 Å². The van der Waals surface area contributed by atoms with Crippen molar-refractivity contribution in [2.75, 3.05) is 13.1 Å². The predicted molar refractivity (Wildman–Crippen MR) is 120 cm³/mol. The minimum absolute atomic E-state index is 0.483. The van der Waals surface area contributed by atoms with Crippen LogP contribution < -0.4 is 4.74 Å². The van der Waals surface area contributed by atoms with Crippen molar-refractivity contribution >= 4 is 27.5 Å². The molecule has 0 aliphatic carbocycles. The number of nitrogens with zero attached hydrogens (tertiary/aromatic N) is 3. The lowest BCUT2D eigenvalue weighted by Gasteiger charge is -2.37. The maximum atomic E-state index is 11.0. The average Bonchev–Trinajstić information content (AvgIpc) is 2.77. The summed E-state index contributed by atoms with van der Waals surface area (Å²) in [7, 11) is 0. The largest absolute Gasteiger partial charge is 0.489 e. The minimum Gasteiger partial charge on any atom is -0.489 e. The van der Waals surface area contributed by atoms with Gasteiger partial charge in [-0.1, -0.05) is 39.7 Å². The molecule has 1 saturated heterocycles. The van der Waals surface area contributed by atoms with Gasteiger partial charge in [-0.05, 0) is 54.8 Å². The quantitative estimate of drug-likeness (QED) is 0.532. The van der Waals surface area contributed by atoms with Crippen molar-refractivity contribution in [2.45, 2.75) is 31.6 Å². The number of hydrogen-bond donors (Lipinski definition) is 1. The Kier molecular flexibility index (Phi) is 6.68. The van der Waals surface area contributed by atoms with Crippen LogP contribution in [-0.2, 0) is 18.8 Å². The molecule has 0 saturated carbocycles. The lowest BCUT2D eigenvalue weighted by Crippen LogP contribution is -2.43. The average molecular weight is 489 g/mol. The number of halogens is 2. The lowest BCUT2D eigenvalue weighted by atomic mass is 9.90. The molecule has 30 heavy (non-hydrogen) atoms. The molecule has 1 N–H and O–H groups in total. The SMILES string of the molecule is OC1(c2ncccn2)CCN(Cc2cc(Br)ccc2OCc2ccc(Cl)cc2)CC1. The Morgan fingerprint density at radius 3 is 2.47 bits per heavy atom. The Bertz CT molecular complexity index is 977. The molecule has 1 aliphatic rings. The highest BCUT2D eigenvalue weighted by atomic mass is 79.9. The summed E-state index contributed by atoms with van der Waals surface area (Å²) in [5, 5.41) is 11.7. The third kappa shape index (κ3) is 5.19. The molecule has 2 heterocycles. The second kappa shape index (κ2) is 9.43. The van der Waals surface area contributed by atoms with Crippen molar-refractivity contribution in [1.29, 1.82) is 0 Å². The van der Waals surface area contributed by atoms with Crippen LogP contribution in [0.5, 0.6) is 5.75 Å². The van der Waals surface area contributed by atoms with Crippen molar-refractivity contribution in [2.24, 2.45) is 0 Å². The highest BCUT2D eigenvalue weighted by Gasteiger charge is 2.36.